The second kappa shape index (κ2) is 6.24. The Morgan fingerprint density at radius 2 is 1.81 bits per heavy atom. The van der Waals surface area contributed by atoms with E-state index in [1.807, 2.05) is 6.92 Å². The average Bonchev–Trinajstić information content (AvgIpc) is 2.16. The lowest BCUT2D eigenvalue weighted by Gasteiger charge is -2.31. The molecule has 1 unspecified atom stereocenters. The summed E-state index contributed by atoms with van der Waals surface area (Å²) < 4.78 is 0. The molecule has 3 nitrogen and oxygen atoms in total. The Kier molecular flexibility index (Phi) is 5.26. The first kappa shape index (κ1) is 13.5. The maximum Gasteiger partial charge on any atom is 0.221 e. The van der Waals surface area contributed by atoms with E-state index in [9.17, 15) is 4.79 Å². The zero-order chi connectivity index (χ0) is 12.1. The molecule has 0 aromatic heterocycles. The van der Waals surface area contributed by atoms with Gasteiger partial charge in [-0.25, -0.2) is 0 Å². The highest BCUT2D eigenvalue weighted by molar-refractivity contribution is 5.76. The van der Waals surface area contributed by atoms with Gasteiger partial charge in [0.05, 0.1) is 0 Å². The molecule has 94 valence electrons. The SMILES string of the molecule is CC(N)CC(=O)NC1CCC(C(C)C)CC1. The largest absolute Gasteiger partial charge is 0.353 e. The highest BCUT2D eigenvalue weighted by Gasteiger charge is 2.24. The fraction of sp³-hybridized carbons (Fsp3) is 0.923. The number of nitrogens with two attached hydrogens (primary N) is 1. The summed E-state index contributed by atoms with van der Waals surface area (Å²) in [4.78, 5) is 11.5. The first-order chi connectivity index (χ1) is 7.49. The van der Waals surface area contributed by atoms with E-state index in [0.717, 1.165) is 24.7 Å². The van der Waals surface area contributed by atoms with Crippen LogP contribution in [0.2, 0.25) is 0 Å². The van der Waals surface area contributed by atoms with Gasteiger partial charge in [0.2, 0.25) is 5.91 Å². The number of carbonyl (C=O) groups excluding carboxylic acids is 1. The first-order valence-corrected chi connectivity index (χ1v) is 6.54. The van der Waals surface area contributed by atoms with Crippen LogP contribution in [-0.4, -0.2) is 18.0 Å². The number of rotatable bonds is 4. The minimum absolute atomic E-state index is 0.0352. The molecule has 0 heterocycles. The summed E-state index contributed by atoms with van der Waals surface area (Å²) in [6, 6.07) is 0.355. The van der Waals surface area contributed by atoms with Gasteiger partial charge in [0, 0.05) is 18.5 Å². The van der Waals surface area contributed by atoms with Crippen molar-refractivity contribution < 1.29 is 4.79 Å². The van der Waals surface area contributed by atoms with Crippen molar-refractivity contribution in [2.24, 2.45) is 17.6 Å². The fourth-order valence-corrected chi connectivity index (χ4v) is 2.51. The number of hydrogen-bond acceptors (Lipinski definition) is 2. The molecule has 1 aliphatic carbocycles. The molecule has 1 amide bonds. The Morgan fingerprint density at radius 3 is 2.25 bits per heavy atom. The van der Waals surface area contributed by atoms with Gasteiger partial charge in [0.1, 0.15) is 0 Å². The van der Waals surface area contributed by atoms with Gasteiger partial charge in [-0.1, -0.05) is 13.8 Å². The van der Waals surface area contributed by atoms with Crippen LogP contribution < -0.4 is 11.1 Å². The maximum absolute atomic E-state index is 11.5. The van der Waals surface area contributed by atoms with Crippen LogP contribution in [0.1, 0.15) is 52.9 Å². The summed E-state index contributed by atoms with van der Waals surface area (Å²) in [5, 5.41) is 3.09. The van der Waals surface area contributed by atoms with Gasteiger partial charge < -0.3 is 11.1 Å². The van der Waals surface area contributed by atoms with Gasteiger partial charge in [-0.3, -0.25) is 4.79 Å². The van der Waals surface area contributed by atoms with Crippen LogP contribution in [0.4, 0.5) is 0 Å². The number of carbonyl (C=O) groups is 1. The van der Waals surface area contributed by atoms with Gasteiger partial charge in [0.25, 0.3) is 0 Å². The standard InChI is InChI=1S/C13H26N2O/c1-9(2)11-4-6-12(7-5-11)15-13(16)8-10(3)14/h9-12H,4-8,14H2,1-3H3,(H,15,16). The minimum Gasteiger partial charge on any atom is -0.353 e. The van der Waals surface area contributed by atoms with Crippen LogP contribution >= 0.6 is 0 Å². The van der Waals surface area contributed by atoms with Crippen molar-refractivity contribution in [3.63, 3.8) is 0 Å². The van der Waals surface area contributed by atoms with E-state index in [0.29, 0.717) is 12.5 Å². The molecule has 0 bridgehead atoms. The topological polar surface area (TPSA) is 55.1 Å². The van der Waals surface area contributed by atoms with Crippen LogP contribution in [0.25, 0.3) is 0 Å². The van der Waals surface area contributed by atoms with Crippen molar-refractivity contribution in [2.75, 3.05) is 0 Å². The van der Waals surface area contributed by atoms with Gasteiger partial charge in [0.15, 0.2) is 0 Å². The van der Waals surface area contributed by atoms with Gasteiger partial charge in [-0.15, -0.1) is 0 Å². The summed E-state index contributed by atoms with van der Waals surface area (Å²) in [6.45, 7) is 6.45. The smallest absolute Gasteiger partial charge is 0.221 e. The van der Waals surface area contributed by atoms with E-state index in [1.165, 1.54) is 12.8 Å². The molecule has 3 N–H and O–H groups in total. The molecule has 1 atom stereocenters. The number of nitrogens with one attached hydrogen (secondary N) is 1. The zero-order valence-electron chi connectivity index (χ0n) is 10.8. The average molecular weight is 226 g/mol. The molecule has 0 aliphatic heterocycles. The molecule has 1 fully saturated rings. The summed E-state index contributed by atoms with van der Waals surface area (Å²) >= 11 is 0. The minimum atomic E-state index is -0.0352. The van der Waals surface area contributed by atoms with Crippen LogP contribution in [0.3, 0.4) is 0 Å². The second-order valence-electron chi connectivity index (χ2n) is 5.60. The monoisotopic (exact) mass is 226 g/mol. The molecule has 0 aromatic rings. The molecule has 0 saturated heterocycles. The lowest BCUT2D eigenvalue weighted by atomic mass is 9.79. The summed E-state index contributed by atoms with van der Waals surface area (Å²) in [6.07, 6.45) is 5.22. The van der Waals surface area contributed by atoms with Crippen molar-refractivity contribution in [1.82, 2.24) is 5.32 Å². The molecule has 3 heteroatoms. The molecule has 0 radical (unpaired) electrons. The van der Waals surface area contributed by atoms with E-state index >= 15 is 0 Å². The third kappa shape index (κ3) is 4.52. The predicted molar refractivity (Wildman–Crippen MR) is 67.0 cm³/mol. The van der Waals surface area contributed by atoms with E-state index in [2.05, 4.69) is 19.2 Å². The normalized spacial score (nSPS) is 27.8. The first-order valence-electron chi connectivity index (χ1n) is 6.54. The van der Waals surface area contributed by atoms with Crippen molar-refractivity contribution in [1.29, 1.82) is 0 Å². The Hall–Kier alpha value is -0.570. The van der Waals surface area contributed by atoms with Crippen LogP contribution in [0.5, 0.6) is 0 Å². The van der Waals surface area contributed by atoms with Crippen molar-refractivity contribution in [2.45, 2.75) is 65.0 Å². The third-order valence-electron chi connectivity index (χ3n) is 3.59. The molecule has 16 heavy (non-hydrogen) atoms. The molecular formula is C13H26N2O. The Labute approximate surface area is 99.2 Å². The summed E-state index contributed by atoms with van der Waals surface area (Å²) in [5.41, 5.74) is 5.60. The van der Waals surface area contributed by atoms with Gasteiger partial charge >= 0.3 is 0 Å². The van der Waals surface area contributed by atoms with Crippen LogP contribution in [-0.2, 0) is 4.79 Å². The van der Waals surface area contributed by atoms with E-state index in [-0.39, 0.29) is 11.9 Å². The lowest BCUT2D eigenvalue weighted by Crippen LogP contribution is -2.40. The van der Waals surface area contributed by atoms with Gasteiger partial charge in [-0.2, -0.15) is 0 Å². The fourth-order valence-electron chi connectivity index (χ4n) is 2.51. The lowest BCUT2D eigenvalue weighted by molar-refractivity contribution is -0.122. The molecule has 1 saturated carbocycles. The van der Waals surface area contributed by atoms with Crippen LogP contribution in [0, 0.1) is 11.8 Å². The molecule has 1 rings (SSSR count). The van der Waals surface area contributed by atoms with Crippen molar-refractivity contribution in [3.8, 4) is 0 Å². The Balaban J connectivity index is 2.24. The molecule has 0 aromatic carbocycles. The molecule has 0 spiro atoms. The highest BCUT2D eigenvalue weighted by atomic mass is 16.1. The van der Waals surface area contributed by atoms with E-state index in [1.54, 1.807) is 0 Å². The van der Waals surface area contributed by atoms with Crippen LogP contribution in [0.15, 0.2) is 0 Å². The molecule has 1 aliphatic rings. The Bertz CT molecular complexity index is 218. The van der Waals surface area contributed by atoms with E-state index in [4.69, 9.17) is 5.73 Å². The number of amides is 1. The van der Waals surface area contributed by atoms with E-state index < -0.39 is 0 Å². The quantitative estimate of drug-likeness (QED) is 0.771. The summed E-state index contributed by atoms with van der Waals surface area (Å²) in [5.74, 6) is 1.74. The summed E-state index contributed by atoms with van der Waals surface area (Å²) in [7, 11) is 0. The number of hydrogen-bond donors (Lipinski definition) is 2. The Morgan fingerprint density at radius 1 is 1.25 bits per heavy atom. The van der Waals surface area contributed by atoms with Crippen molar-refractivity contribution in [3.05, 3.63) is 0 Å². The highest BCUT2D eigenvalue weighted by Crippen LogP contribution is 2.29. The molecular weight excluding hydrogens is 200 g/mol. The maximum atomic E-state index is 11.5. The van der Waals surface area contributed by atoms with Crippen molar-refractivity contribution >= 4 is 5.91 Å². The second-order valence-corrected chi connectivity index (χ2v) is 5.60. The third-order valence-corrected chi connectivity index (χ3v) is 3.59. The van der Waals surface area contributed by atoms with Gasteiger partial charge in [-0.05, 0) is 44.4 Å². The predicted octanol–water partition coefficient (Wildman–Crippen LogP) is 2.05. The zero-order valence-corrected chi connectivity index (χ0v) is 10.8.